The Morgan fingerprint density at radius 1 is 1.30 bits per heavy atom. The van der Waals surface area contributed by atoms with Crippen molar-refractivity contribution in [2.24, 2.45) is 0 Å². The molecule has 1 aliphatic rings. The van der Waals surface area contributed by atoms with Gasteiger partial charge in [0, 0.05) is 23.9 Å². The van der Waals surface area contributed by atoms with E-state index in [0.29, 0.717) is 33.7 Å². The number of thioether (sulfide) groups is 1. The zero-order chi connectivity index (χ0) is 23.7. The maximum atomic E-state index is 13.5. The number of halogens is 2. The van der Waals surface area contributed by atoms with E-state index in [1.165, 1.54) is 17.8 Å². The second-order valence-electron chi connectivity index (χ2n) is 7.42. The van der Waals surface area contributed by atoms with Gasteiger partial charge in [-0.1, -0.05) is 40.5 Å². The number of nitro benzene ring substituents is 1. The Hall–Kier alpha value is -2.75. The molecule has 0 aliphatic carbocycles. The van der Waals surface area contributed by atoms with Crippen molar-refractivity contribution in [1.82, 2.24) is 10.1 Å². The molecule has 1 amide bonds. The van der Waals surface area contributed by atoms with E-state index in [-0.39, 0.29) is 40.6 Å². The number of carbonyl (C=O) groups is 1. The Kier molecular flexibility index (Phi) is 6.83. The van der Waals surface area contributed by atoms with E-state index in [4.69, 9.17) is 32.5 Å². The molecule has 11 heteroatoms. The zero-order valence-corrected chi connectivity index (χ0v) is 20.0. The maximum Gasteiger partial charge on any atom is 0.311 e. The molecule has 2 aromatic carbocycles. The molecule has 8 nitrogen and oxygen atoms in total. The van der Waals surface area contributed by atoms with Crippen LogP contribution in [0.3, 0.4) is 0 Å². The normalized spacial score (nSPS) is 15.6. The lowest BCUT2D eigenvalue weighted by Crippen LogP contribution is -2.38. The standard InChI is InChI=1S/C22H19Cl2N3O5S/c1-12-6-7-17(16(10-12)27(29)30)31-11-18-26(8-9-33-18)22(28)19-13(2)32-25-21(19)20-14(23)4-3-5-15(20)24/h3-7,10,18H,8-9,11H2,1-2H3. The number of hydrogen-bond donors (Lipinski definition) is 0. The van der Waals surface area contributed by atoms with Crippen LogP contribution < -0.4 is 4.74 Å². The van der Waals surface area contributed by atoms with Gasteiger partial charge < -0.3 is 14.2 Å². The monoisotopic (exact) mass is 507 g/mol. The van der Waals surface area contributed by atoms with E-state index in [9.17, 15) is 14.9 Å². The summed E-state index contributed by atoms with van der Waals surface area (Å²) in [5, 5.41) is 15.8. The molecule has 1 saturated heterocycles. The number of carbonyl (C=O) groups excluding carboxylic acids is 1. The molecule has 0 spiro atoms. The molecule has 2 heterocycles. The first-order chi connectivity index (χ1) is 15.8. The molecular weight excluding hydrogens is 489 g/mol. The summed E-state index contributed by atoms with van der Waals surface area (Å²) < 4.78 is 11.1. The molecule has 0 N–H and O–H groups in total. The fourth-order valence-electron chi connectivity index (χ4n) is 3.61. The number of benzene rings is 2. The van der Waals surface area contributed by atoms with E-state index in [1.807, 2.05) is 0 Å². The van der Waals surface area contributed by atoms with Crippen LogP contribution in [-0.4, -0.2) is 45.2 Å². The van der Waals surface area contributed by atoms with Crippen molar-refractivity contribution in [1.29, 1.82) is 0 Å². The van der Waals surface area contributed by atoms with E-state index in [2.05, 4.69) is 5.16 Å². The van der Waals surface area contributed by atoms with Crippen molar-refractivity contribution >= 4 is 46.6 Å². The Bertz CT molecular complexity index is 1210. The lowest BCUT2D eigenvalue weighted by Gasteiger charge is -2.24. The lowest BCUT2D eigenvalue weighted by molar-refractivity contribution is -0.385. The predicted molar refractivity (Wildman–Crippen MR) is 127 cm³/mol. The Labute approximate surface area is 203 Å². The van der Waals surface area contributed by atoms with Crippen LogP contribution >= 0.6 is 35.0 Å². The first-order valence-electron chi connectivity index (χ1n) is 9.99. The van der Waals surface area contributed by atoms with Gasteiger partial charge in [-0.3, -0.25) is 14.9 Å². The van der Waals surface area contributed by atoms with Crippen molar-refractivity contribution in [3.8, 4) is 17.0 Å². The van der Waals surface area contributed by atoms with Gasteiger partial charge in [-0.15, -0.1) is 11.8 Å². The zero-order valence-electron chi connectivity index (χ0n) is 17.7. The minimum absolute atomic E-state index is 0.0901. The number of nitrogens with zero attached hydrogens (tertiary/aromatic N) is 3. The van der Waals surface area contributed by atoms with E-state index >= 15 is 0 Å². The Morgan fingerprint density at radius 2 is 2.03 bits per heavy atom. The summed E-state index contributed by atoms with van der Waals surface area (Å²) in [6, 6.07) is 9.81. The molecule has 1 atom stereocenters. The Morgan fingerprint density at radius 3 is 2.73 bits per heavy atom. The largest absolute Gasteiger partial charge is 0.484 e. The molecule has 3 aromatic rings. The number of rotatable bonds is 6. The van der Waals surface area contributed by atoms with Crippen molar-refractivity contribution < 1.29 is 19.0 Å². The summed E-state index contributed by atoms with van der Waals surface area (Å²) in [5.41, 5.74) is 1.63. The fraction of sp³-hybridized carbons (Fsp3) is 0.273. The summed E-state index contributed by atoms with van der Waals surface area (Å²) in [4.78, 5) is 26.1. The minimum Gasteiger partial charge on any atom is -0.484 e. The predicted octanol–water partition coefficient (Wildman–Crippen LogP) is 5.77. The van der Waals surface area contributed by atoms with Crippen LogP contribution in [0.15, 0.2) is 40.9 Å². The highest BCUT2D eigenvalue weighted by Crippen LogP contribution is 2.38. The van der Waals surface area contributed by atoms with Crippen LogP contribution in [0.4, 0.5) is 5.69 Å². The van der Waals surface area contributed by atoms with Crippen molar-refractivity contribution in [3.63, 3.8) is 0 Å². The van der Waals surface area contributed by atoms with Crippen LogP contribution in [0.2, 0.25) is 10.0 Å². The van der Waals surface area contributed by atoms with Crippen molar-refractivity contribution in [3.05, 3.63) is 73.4 Å². The number of ether oxygens (including phenoxy) is 1. The van der Waals surface area contributed by atoms with E-state index in [1.54, 1.807) is 49.1 Å². The summed E-state index contributed by atoms with van der Waals surface area (Å²) >= 11 is 14.2. The molecule has 4 rings (SSSR count). The van der Waals surface area contributed by atoms with Crippen LogP contribution in [-0.2, 0) is 0 Å². The van der Waals surface area contributed by atoms with E-state index < -0.39 is 4.92 Å². The molecule has 0 saturated carbocycles. The third-order valence-corrected chi connectivity index (χ3v) is 7.04. The number of aromatic nitrogens is 1. The van der Waals surface area contributed by atoms with Crippen LogP contribution in [0.1, 0.15) is 21.7 Å². The fourth-order valence-corrected chi connectivity index (χ4v) is 5.30. The average molecular weight is 508 g/mol. The van der Waals surface area contributed by atoms with Gasteiger partial charge in [0.25, 0.3) is 5.91 Å². The first kappa shape index (κ1) is 23.4. The summed E-state index contributed by atoms with van der Waals surface area (Å²) in [5.74, 6) is 0.908. The number of nitro groups is 1. The number of hydrogen-bond acceptors (Lipinski definition) is 7. The smallest absolute Gasteiger partial charge is 0.311 e. The van der Waals surface area contributed by atoms with Gasteiger partial charge in [-0.05, 0) is 37.6 Å². The second kappa shape index (κ2) is 9.62. The molecule has 0 radical (unpaired) electrons. The molecule has 33 heavy (non-hydrogen) atoms. The van der Waals surface area contributed by atoms with Gasteiger partial charge in [0.15, 0.2) is 5.75 Å². The van der Waals surface area contributed by atoms with Crippen molar-refractivity contribution in [2.45, 2.75) is 19.2 Å². The maximum absolute atomic E-state index is 13.5. The second-order valence-corrected chi connectivity index (χ2v) is 9.52. The molecular formula is C22H19Cl2N3O5S. The third-order valence-electron chi connectivity index (χ3n) is 5.22. The van der Waals surface area contributed by atoms with Crippen molar-refractivity contribution in [2.75, 3.05) is 18.9 Å². The summed E-state index contributed by atoms with van der Waals surface area (Å²) in [6.07, 6.45) is 0. The first-order valence-corrected chi connectivity index (χ1v) is 11.8. The molecule has 1 aromatic heterocycles. The summed E-state index contributed by atoms with van der Waals surface area (Å²) in [7, 11) is 0. The van der Waals surface area contributed by atoms with Gasteiger partial charge in [0.2, 0.25) is 0 Å². The Balaban J connectivity index is 1.59. The SMILES string of the molecule is Cc1ccc(OCC2SCCN2C(=O)c2c(-c3c(Cl)cccc3Cl)noc2C)c([N+](=O)[O-])c1. The van der Waals surface area contributed by atoms with Crippen LogP contribution in [0.5, 0.6) is 5.75 Å². The molecule has 172 valence electrons. The highest BCUT2D eigenvalue weighted by molar-refractivity contribution is 8.00. The van der Waals surface area contributed by atoms with Gasteiger partial charge >= 0.3 is 5.69 Å². The molecule has 1 unspecified atom stereocenters. The highest BCUT2D eigenvalue weighted by Gasteiger charge is 2.35. The van der Waals surface area contributed by atoms with Crippen LogP contribution in [0, 0.1) is 24.0 Å². The van der Waals surface area contributed by atoms with Gasteiger partial charge in [-0.2, -0.15) is 0 Å². The summed E-state index contributed by atoms with van der Waals surface area (Å²) in [6.45, 7) is 3.99. The molecule has 1 fully saturated rings. The van der Waals surface area contributed by atoms with Gasteiger partial charge in [0.05, 0.1) is 15.0 Å². The molecule has 0 bridgehead atoms. The van der Waals surface area contributed by atoms with E-state index in [0.717, 1.165) is 5.56 Å². The highest BCUT2D eigenvalue weighted by atomic mass is 35.5. The van der Waals surface area contributed by atoms with Crippen LogP contribution in [0.25, 0.3) is 11.3 Å². The molecule has 1 aliphatic heterocycles. The van der Waals surface area contributed by atoms with Gasteiger partial charge in [0.1, 0.15) is 29.0 Å². The topological polar surface area (TPSA) is 98.7 Å². The minimum atomic E-state index is -0.479. The van der Waals surface area contributed by atoms with Gasteiger partial charge in [-0.25, -0.2) is 0 Å². The quantitative estimate of drug-likeness (QED) is 0.308. The third kappa shape index (κ3) is 4.66. The average Bonchev–Trinajstić information content (AvgIpc) is 3.39. The number of amides is 1. The lowest BCUT2D eigenvalue weighted by atomic mass is 10.0. The number of aryl methyl sites for hydroxylation is 2.